The van der Waals surface area contributed by atoms with E-state index < -0.39 is 0 Å². The maximum absolute atomic E-state index is 9.01. The van der Waals surface area contributed by atoms with Crippen LogP contribution in [0.4, 0.5) is 5.69 Å². The maximum Gasteiger partial charge on any atom is 0.101 e. The van der Waals surface area contributed by atoms with Crippen molar-refractivity contribution in [1.29, 1.82) is 5.26 Å². The zero-order valence-corrected chi connectivity index (χ0v) is 8.98. The summed E-state index contributed by atoms with van der Waals surface area (Å²) in [6.45, 7) is 4.16. The molecule has 15 heavy (non-hydrogen) atoms. The first-order valence-corrected chi connectivity index (χ1v) is 5.24. The number of nitrogens with zero attached hydrogens (tertiary/aromatic N) is 3. The lowest BCUT2D eigenvalue weighted by Gasteiger charge is -2.34. The van der Waals surface area contributed by atoms with Crippen LogP contribution < -0.4 is 4.90 Å². The lowest BCUT2D eigenvalue weighted by Crippen LogP contribution is -2.44. The highest BCUT2D eigenvalue weighted by Gasteiger charge is 2.16. The number of anilines is 1. The fourth-order valence-corrected chi connectivity index (χ4v) is 1.89. The highest BCUT2D eigenvalue weighted by Crippen LogP contribution is 2.20. The van der Waals surface area contributed by atoms with Gasteiger partial charge in [0.1, 0.15) is 6.07 Å². The Kier molecular flexibility index (Phi) is 2.89. The molecule has 1 aromatic rings. The van der Waals surface area contributed by atoms with Crippen LogP contribution in [0.25, 0.3) is 0 Å². The lowest BCUT2D eigenvalue weighted by molar-refractivity contribution is 0.313. The zero-order chi connectivity index (χ0) is 10.7. The van der Waals surface area contributed by atoms with E-state index in [9.17, 15) is 0 Å². The van der Waals surface area contributed by atoms with Gasteiger partial charge in [0, 0.05) is 26.2 Å². The average molecular weight is 201 g/mol. The molecule has 1 aromatic carbocycles. The van der Waals surface area contributed by atoms with Crippen LogP contribution in [0, 0.1) is 11.3 Å². The minimum Gasteiger partial charge on any atom is -0.368 e. The van der Waals surface area contributed by atoms with Gasteiger partial charge in [-0.05, 0) is 19.2 Å². The van der Waals surface area contributed by atoms with E-state index in [2.05, 4.69) is 22.9 Å². The number of likely N-dealkylation sites (N-methyl/N-ethyl adjacent to an activating group) is 1. The quantitative estimate of drug-likeness (QED) is 0.686. The number of para-hydroxylation sites is 1. The van der Waals surface area contributed by atoms with Crippen LogP contribution in [-0.2, 0) is 0 Å². The van der Waals surface area contributed by atoms with Crippen LogP contribution >= 0.6 is 0 Å². The minimum atomic E-state index is 0.780. The standard InChI is InChI=1S/C12H15N3/c1-14-6-8-15(9-7-14)12-5-3-2-4-11(12)10-13/h2-5H,6-9H2,1H3. The van der Waals surface area contributed by atoms with Crippen LogP contribution in [-0.4, -0.2) is 38.1 Å². The van der Waals surface area contributed by atoms with E-state index in [0.717, 1.165) is 37.4 Å². The van der Waals surface area contributed by atoms with Crippen LogP contribution in [0.2, 0.25) is 0 Å². The largest absolute Gasteiger partial charge is 0.368 e. The van der Waals surface area contributed by atoms with Gasteiger partial charge in [-0.15, -0.1) is 0 Å². The van der Waals surface area contributed by atoms with Gasteiger partial charge in [0.05, 0.1) is 11.3 Å². The van der Waals surface area contributed by atoms with E-state index in [1.54, 1.807) is 0 Å². The lowest BCUT2D eigenvalue weighted by atomic mass is 10.1. The van der Waals surface area contributed by atoms with E-state index >= 15 is 0 Å². The highest BCUT2D eigenvalue weighted by molar-refractivity contribution is 5.59. The molecule has 2 rings (SSSR count). The number of rotatable bonds is 1. The summed E-state index contributed by atoms with van der Waals surface area (Å²) < 4.78 is 0. The summed E-state index contributed by atoms with van der Waals surface area (Å²) in [6.07, 6.45) is 0. The summed E-state index contributed by atoms with van der Waals surface area (Å²) in [5, 5.41) is 9.01. The minimum absolute atomic E-state index is 0.780. The van der Waals surface area contributed by atoms with Gasteiger partial charge in [-0.1, -0.05) is 12.1 Å². The van der Waals surface area contributed by atoms with Gasteiger partial charge in [0.15, 0.2) is 0 Å². The Morgan fingerprint density at radius 2 is 1.80 bits per heavy atom. The van der Waals surface area contributed by atoms with Gasteiger partial charge < -0.3 is 9.80 Å². The first kappa shape index (κ1) is 10.0. The van der Waals surface area contributed by atoms with Gasteiger partial charge in [-0.3, -0.25) is 0 Å². The topological polar surface area (TPSA) is 30.3 Å². The van der Waals surface area contributed by atoms with Crippen LogP contribution in [0.15, 0.2) is 24.3 Å². The molecular formula is C12H15N3. The molecule has 1 aliphatic rings. The molecule has 78 valence electrons. The SMILES string of the molecule is CN1CCN(c2ccccc2C#N)CC1. The van der Waals surface area contributed by atoms with Crippen molar-refractivity contribution >= 4 is 5.69 Å². The van der Waals surface area contributed by atoms with Gasteiger partial charge in [-0.2, -0.15) is 5.26 Å². The number of piperazine rings is 1. The molecule has 0 unspecified atom stereocenters. The predicted octanol–water partition coefficient (Wildman–Crippen LogP) is 1.31. The Morgan fingerprint density at radius 3 is 2.47 bits per heavy atom. The second-order valence-electron chi connectivity index (χ2n) is 3.92. The second-order valence-corrected chi connectivity index (χ2v) is 3.92. The Balaban J connectivity index is 2.19. The van der Waals surface area contributed by atoms with Crippen molar-refractivity contribution in [2.45, 2.75) is 0 Å². The van der Waals surface area contributed by atoms with Crippen LogP contribution in [0.5, 0.6) is 0 Å². The molecule has 0 N–H and O–H groups in total. The van der Waals surface area contributed by atoms with E-state index in [4.69, 9.17) is 5.26 Å². The average Bonchev–Trinajstić information content (AvgIpc) is 2.30. The molecular weight excluding hydrogens is 186 g/mol. The van der Waals surface area contributed by atoms with Crippen molar-refractivity contribution in [2.24, 2.45) is 0 Å². The van der Waals surface area contributed by atoms with Crippen LogP contribution in [0.1, 0.15) is 5.56 Å². The molecule has 1 aliphatic heterocycles. The van der Waals surface area contributed by atoms with E-state index in [1.807, 2.05) is 24.3 Å². The molecule has 0 aliphatic carbocycles. The van der Waals surface area contributed by atoms with Crippen molar-refractivity contribution in [3.8, 4) is 6.07 Å². The van der Waals surface area contributed by atoms with Gasteiger partial charge in [0.25, 0.3) is 0 Å². The molecule has 0 atom stereocenters. The third kappa shape index (κ3) is 2.11. The maximum atomic E-state index is 9.01. The summed E-state index contributed by atoms with van der Waals surface area (Å²) in [4.78, 5) is 4.60. The molecule has 0 amide bonds. The van der Waals surface area contributed by atoms with Crippen molar-refractivity contribution < 1.29 is 0 Å². The molecule has 0 radical (unpaired) electrons. The number of nitriles is 1. The van der Waals surface area contributed by atoms with E-state index in [1.165, 1.54) is 0 Å². The van der Waals surface area contributed by atoms with Crippen molar-refractivity contribution in [3.63, 3.8) is 0 Å². The molecule has 3 nitrogen and oxygen atoms in total. The van der Waals surface area contributed by atoms with Crippen molar-refractivity contribution in [3.05, 3.63) is 29.8 Å². The fourth-order valence-electron chi connectivity index (χ4n) is 1.89. The first-order valence-electron chi connectivity index (χ1n) is 5.24. The molecule has 1 saturated heterocycles. The number of benzene rings is 1. The summed E-state index contributed by atoms with van der Waals surface area (Å²) in [5.74, 6) is 0. The normalized spacial score (nSPS) is 17.5. The molecule has 0 saturated carbocycles. The van der Waals surface area contributed by atoms with Crippen molar-refractivity contribution in [2.75, 3.05) is 38.1 Å². The van der Waals surface area contributed by atoms with Gasteiger partial charge in [0.2, 0.25) is 0 Å². The Labute approximate surface area is 90.5 Å². The fraction of sp³-hybridized carbons (Fsp3) is 0.417. The zero-order valence-electron chi connectivity index (χ0n) is 8.98. The number of hydrogen-bond acceptors (Lipinski definition) is 3. The van der Waals surface area contributed by atoms with Crippen LogP contribution in [0.3, 0.4) is 0 Å². The van der Waals surface area contributed by atoms with E-state index in [0.29, 0.717) is 0 Å². The monoisotopic (exact) mass is 201 g/mol. The van der Waals surface area contributed by atoms with Gasteiger partial charge >= 0.3 is 0 Å². The Bertz CT molecular complexity index is 373. The molecule has 3 heteroatoms. The first-order chi connectivity index (χ1) is 7.31. The molecule has 1 heterocycles. The summed E-state index contributed by atoms with van der Waals surface area (Å²) in [6, 6.07) is 10.1. The highest BCUT2D eigenvalue weighted by atomic mass is 15.2. The summed E-state index contributed by atoms with van der Waals surface area (Å²) >= 11 is 0. The van der Waals surface area contributed by atoms with Crippen molar-refractivity contribution in [1.82, 2.24) is 4.90 Å². The summed E-state index contributed by atoms with van der Waals surface area (Å²) in [5.41, 5.74) is 1.86. The number of hydrogen-bond donors (Lipinski definition) is 0. The van der Waals surface area contributed by atoms with Gasteiger partial charge in [-0.25, -0.2) is 0 Å². The Hall–Kier alpha value is -1.53. The summed E-state index contributed by atoms with van der Waals surface area (Å²) in [7, 11) is 2.13. The molecule has 1 fully saturated rings. The van der Waals surface area contributed by atoms with E-state index in [-0.39, 0.29) is 0 Å². The predicted molar refractivity (Wildman–Crippen MR) is 60.9 cm³/mol. The molecule has 0 aromatic heterocycles. The molecule has 0 bridgehead atoms. The second kappa shape index (κ2) is 4.33. The smallest absolute Gasteiger partial charge is 0.101 e. The third-order valence-electron chi connectivity index (χ3n) is 2.87. The third-order valence-corrected chi connectivity index (χ3v) is 2.87. The Morgan fingerprint density at radius 1 is 1.13 bits per heavy atom. The molecule has 0 spiro atoms.